The fourth-order valence-corrected chi connectivity index (χ4v) is 9.54. The van der Waals surface area contributed by atoms with Crippen LogP contribution in [-0.2, 0) is 55.8 Å². The molecule has 0 radical (unpaired) electrons. The van der Waals surface area contributed by atoms with E-state index in [1.54, 1.807) is 4.73 Å². The van der Waals surface area contributed by atoms with Gasteiger partial charge in [0.15, 0.2) is 0 Å². The standard InChI is InChI=1S/C32H12BF24.C25H32NO/c34-25(35,36)13-1-14(26(37,38)39)6-21(5-13)33(22-7-15(27(40,41)42)2-16(8-22)28(43,44)45,23-9-17(29(46,47)48)3-18(10-23)30(49,50)51)24-11-19(31(52,53)54)4-20(12-24)32(55,56)57;1-2-3-4-5-6-7-8-9-12-22-15-17-25(18-16-22)27-26-20-19-23-13-10-11-14-24(23)21-26/h1-12H;10-11,13-21H,2-9,12H2,1H3/q-1;+1. The molecule has 6 aromatic carbocycles. The van der Waals surface area contributed by atoms with Gasteiger partial charge in [0.25, 0.3) is 0 Å². The largest absolute Gasteiger partial charge is 0.416 e. The zero-order valence-electron chi connectivity index (χ0n) is 43.1. The lowest BCUT2D eigenvalue weighted by Gasteiger charge is -2.46. The van der Waals surface area contributed by atoms with Crippen LogP contribution in [0.4, 0.5) is 105 Å². The van der Waals surface area contributed by atoms with Crippen molar-refractivity contribution < 1.29 is 115 Å². The zero-order chi connectivity index (χ0) is 62.6. The van der Waals surface area contributed by atoms with Gasteiger partial charge < -0.3 is 0 Å². The summed E-state index contributed by atoms with van der Waals surface area (Å²) in [6.07, 6.45) is -38.7. The van der Waals surface area contributed by atoms with E-state index in [1.807, 2.05) is 18.5 Å². The van der Waals surface area contributed by atoms with E-state index in [1.165, 1.54) is 74.1 Å². The molecule has 0 atom stereocenters. The maximum Gasteiger partial charge on any atom is 0.416 e. The summed E-state index contributed by atoms with van der Waals surface area (Å²) >= 11 is 0. The number of alkyl halides is 24. The molecule has 0 aliphatic carbocycles. The monoisotopic (exact) mass is 1230 g/mol. The van der Waals surface area contributed by atoms with Crippen molar-refractivity contribution in [2.24, 2.45) is 0 Å². The van der Waals surface area contributed by atoms with Gasteiger partial charge in [-0.2, -0.15) is 127 Å². The van der Waals surface area contributed by atoms with Gasteiger partial charge in [-0.25, -0.2) is 4.84 Å². The Bertz CT molecular complexity index is 2930. The van der Waals surface area contributed by atoms with Gasteiger partial charge in [0.05, 0.1) is 49.9 Å². The number of fused-ring (bicyclic) bond motifs is 1. The first-order valence-electron chi connectivity index (χ1n) is 25.1. The molecule has 7 aromatic rings. The van der Waals surface area contributed by atoms with E-state index in [0.717, 1.165) is 5.75 Å². The number of rotatable bonds is 15. The molecule has 0 saturated heterocycles. The second-order valence-electron chi connectivity index (χ2n) is 19.6. The third-order valence-electron chi connectivity index (χ3n) is 13.6. The maximum atomic E-state index is 14.2. The van der Waals surface area contributed by atoms with E-state index in [-0.39, 0.29) is 0 Å². The van der Waals surface area contributed by atoms with Gasteiger partial charge in [-0.15, -0.1) is 0 Å². The lowest BCUT2D eigenvalue weighted by atomic mass is 9.12. The molecule has 0 N–H and O–H groups in total. The van der Waals surface area contributed by atoms with Gasteiger partial charge in [0.2, 0.25) is 18.1 Å². The summed E-state index contributed by atoms with van der Waals surface area (Å²) in [6.45, 7) is 2.27. The van der Waals surface area contributed by atoms with Crippen molar-refractivity contribution in [1.82, 2.24) is 0 Å². The Morgan fingerprint density at radius 1 is 0.333 bits per heavy atom. The Labute approximate surface area is 462 Å². The lowest BCUT2D eigenvalue weighted by Crippen LogP contribution is -2.75. The highest BCUT2D eigenvalue weighted by Gasteiger charge is 2.47. The quantitative estimate of drug-likeness (QED) is 0.0432. The van der Waals surface area contributed by atoms with Crippen molar-refractivity contribution in [3.05, 3.63) is 190 Å². The third-order valence-corrected chi connectivity index (χ3v) is 13.6. The smallest absolute Gasteiger partial charge is 0.232 e. The summed E-state index contributed by atoms with van der Waals surface area (Å²) in [5, 5.41) is 2.39. The van der Waals surface area contributed by atoms with Crippen molar-refractivity contribution in [3.63, 3.8) is 0 Å². The lowest BCUT2D eigenvalue weighted by molar-refractivity contribution is -0.874. The van der Waals surface area contributed by atoms with Gasteiger partial charge in [-0.3, -0.25) is 0 Å². The Balaban J connectivity index is 0.000000347. The topological polar surface area (TPSA) is 13.1 Å². The molecule has 0 fully saturated rings. The summed E-state index contributed by atoms with van der Waals surface area (Å²) in [6, 6.07) is 10.1. The maximum absolute atomic E-state index is 14.2. The first-order valence-corrected chi connectivity index (χ1v) is 25.1. The van der Waals surface area contributed by atoms with Crippen molar-refractivity contribution in [1.29, 1.82) is 0 Å². The normalized spacial score (nSPS) is 13.2. The molecule has 84 heavy (non-hydrogen) atoms. The van der Waals surface area contributed by atoms with E-state index >= 15 is 0 Å². The average Bonchev–Trinajstić information content (AvgIpc) is 0.793. The van der Waals surface area contributed by atoms with E-state index in [4.69, 9.17) is 4.84 Å². The van der Waals surface area contributed by atoms with Crippen LogP contribution < -0.4 is 31.4 Å². The fourth-order valence-electron chi connectivity index (χ4n) is 9.54. The Morgan fingerprint density at radius 3 is 0.917 bits per heavy atom. The van der Waals surface area contributed by atoms with Gasteiger partial charge in [-0.1, -0.05) is 131 Å². The molecule has 0 bridgehead atoms. The van der Waals surface area contributed by atoms with Crippen LogP contribution in [0, 0.1) is 0 Å². The average molecular weight is 1230 g/mol. The van der Waals surface area contributed by atoms with E-state index < -0.39 is 195 Å². The summed E-state index contributed by atoms with van der Waals surface area (Å²) in [4.78, 5) is 5.95. The number of halogens is 24. The predicted octanol–water partition coefficient (Wildman–Crippen LogP) is 17.9. The molecule has 0 saturated carbocycles. The Hall–Kier alpha value is -7.09. The van der Waals surface area contributed by atoms with Gasteiger partial charge >= 0.3 is 49.4 Å². The molecular formula is C57H44BF24NO. The van der Waals surface area contributed by atoms with Gasteiger partial charge in [-0.05, 0) is 66.3 Å². The number of benzene rings is 6. The third kappa shape index (κ3) is 16.6. The van der Waals surface area contributed by atoms with E-state index in [0.29, 0.717) is 0 Å². The fraction of sp³-hybridized carbons (Fsp3) is 0.316. The molecule has 0 spiro atoms. The van der Waals surface area contributed by atoms with Crippen molar-refractivity contribution >= 4 is 38.8 Å². The SMILES string of the molecule is CCCCCCCCCCc1ccc(O[n+]2ccc3ccccc3c2)cc1.FC(F)(F)c1cc([B-](c2cc(C(F)(F)F)cc(C(F)(F)F)c2)(c2cc(C(F)(F)F)cc(C(F)(F)F)c2)c2cc(C(F)(F)F)cc(C(F)(F)F)c2)cc(C(F)(F)F)c1. The molecule has 0 aliphatic heterocycles. The minimum absolute atomic E-state index is 0.691. The minimum Gasteiger partial charge on any atom is -0.232 e. The van der Waals surface area contributed by atoms with Crippen LogP contribution in [0.2, 0.25) is 0 Å². The first kappa shape index (κ1) is 66.1. The van der Waals surface area contributed by atoms with Gasteiger partial charge in [0, 0.05) is 10.8 Å². The summed E-state index contributed by atoms with van der Waals surface area (Å²) in [5.41, 5.74) is -28.8. The number of nitrogens with zero attached hydrogens (tertiary/aromatic N) is 1. The van der Waals surface area contributed by atoms with Gasteiger partial charge in [0.1, 0.15) is 6.15 Å². The zero-order valence-corrected chi connectivity index (χ0v) is 43.1. The highest BCUT2D eigenvalue weighted by atomic mass is 19.4. The molecule has 1 aromatic heterocycles. The van der Waals surface area contributed by atoms with Crippen LogP contribution in [0.15, 0.2) is 140 Å². The summed E-state index contributed by atoms with van der Waals surface area (Å²) in [7, 11) is 0. The number of hydrogen-bond donors (Lipinski definition) is 0. The summed E-state index contributed by atoms with van der Waals surface area (Å²) in [5.74, 6) is 0.870. The number of aryl methyl sites for hydroxylation is 1. The number of unbranched alkanes of at least 4 members (excludes halogenated alkanes) is 7. The molecule has 1 heterocycles. The first-order chi connectivity index (χ1) is 38.6. The van der Waals surface area contributed by atoms with Crippen molar-refractivity contribution in [2.75, 3.05) is 0 Å². The highest BCUT2D eigenvalue weighted by Crippen LogP contribution is 2.41. The van der Waals surface area contributed by atoms with Crippen LogP contribution in [0.25, 0.3) is 10.8 Å². The van der Waals surface area contributed by atoms with Crippen molar-refractivity contribution in [2.45, 2.75) is 114 Å². The van der Waals surface area contributed by atoms with Crippen LogP contribution >= 0.6 is 0 Å². The molecule has 2 nitrogen and oxygen atoms in total. The van der Waals surface area contributed by atoms with Crippen LogP contribution in [-0.4, -0.2) is 6.15 Å². The Kier molecular flexibility index (Phi) is 19.5. The number of pyridine rings is 1. The second-order valence-corrected chi connectivity index (χ2v) is 19.6. The molecular weight excluding hydrogens is 1180 g/mol. The summed E-state index contributed by atoms with van der Waals surface area (Å²) < 4.78 is 343. The molecule has 0 amide bonds. The second kappa shape index (κ2) is 24.9. The van der Waals surface area contributed by atoms with Crippen LogP contribution in [0.1, 0.15) is 108 Å². The highest BCUT2D eigenvalue weighted by molar-refractivity contribution is 7.20. The van der Waals surface area contributed by atoms with E-state index in [2.05, 4.69) is 55.5 Å². The molecule has 0 unspecified atom stereocenters. The van der Waals surface area contributed by atoms with Crippen molar-refractivity contribution in [3.8, 4) is 5.75 Å². The molecule has 7 rings (SSSR count). The van der Waals surface area contributed by atoms with Crippen LogP contribution in [0.3, 0.4) is 0 Å². The molecule has 454 valence electrons. The molecule has 0 aliphatic rings. The number of hydrogen-bond acceptors (Lipinski definition) is 1. The van der Waals surface area contributed by atoms with E-state index in [9.17, 15) is 105 Å². The number of aromatic nitrogens is 1. The van der Waals surface area contributed by atoms with Crippen LogP contribution in [0.5, 0.6) is 5.75 Å². The molecule has 27 heteroatoms. The minimum atomic E-state index is -6.13. The predicted molar refractivity (Wildman–Crippen MR) is 263 cm³/mol. The Morgan fingerprint density at radius 2 is 0.619 bits per heavy atom.